The molecular weight excluding hydrogens is 360 g/mol. The van der Waals surface area contributed by atoms with Crippen LogP contribution in [0, 0.1) is 0 Å². The maximum Gasteiger partial charge on any atom is 0.341 e. The Hall–Kier alpha value is -3.18. The quantitative estimate of drug-likeness (QED) is 0.379. The van der Waals surface area contributed by atoms with E-state index >= 15 is 0 Å². The Bertz CT molecular complexity index is 1150. The van der Waals surface area contributed by atoms with E-state index in [0.29, 0.717) is 31.4 Å². The number of fused-ring (bicyclic) bond motifs is 1. The average Bonchev–Trinajstić information content (AvgIpc) is 2.73. The summed E-state index contributed by atoms with van der Waals surface area (Å²) in [5.74, 6) is 0.564. The maximum atomic E-state index is 14.5. The Morgan fingerprint density at radius 3 is 1.96 bits per heavy atom. The Morgan fingerprint density at radius 1 is 0.815 bits per heavy atom. The minimum Gasteiger partial charge on any atom is -0.497 e. The predicted octanol–water partition coefficient (Wildman–Crippen LogP) is 4.78. The van der Waals surface area contributed by atoms with Gasteiger partial charge < -0.3 is 9.15 Å². The van der Waals surface area contributed by atoms with Crippen LogP contribution in [-0.4, -0.2) is 7.11 Å². The van der Waals surface area contributed by atoms with Crippen molar-refractivity contribution in [3.63, 3.8) is 0 Å². The number of hydrogen-bond donors (Lipinski definition) is 0. The van der Waals surface area contributed by atoms with Crippen molar-refractivity contribution in [2.24, 2.45) is 0 Å². The molecule has 0 radical (unpaired) electrons. The van der Waals surface area contributed by atoms with Gasteiger partial charge in [-0.05, 0) is 36.4 Å². The average molecular weight is 377 g/mol. The SMILES string of the molecule is COc1ccc2c([S+](=O)(c3ccccc3)c3ccccc3)cc(=O)oc2c1. The van der Waals surface area contributed by atoms with Crippen LogP contribution < -0.4 is 10.4 Å². The molecule has 4 aromatic rings. The van der Waals surface area contributed by atoms with Crippen LogP contribution in [0.4, 0.5) is 0 Å². The first-order valence-corrected chi connectivity index (χ1v) is 9.95. The third-order valence-corrected chi connectivity index (χ3v) is 7.20. The highest BCUT2D eigenvalue weighted by molar-refractivity contribution is 8.03. The van der Waals surface area contributed by atoms with E-state index in [2.05, 4.69) is 0 Å². The topological polar surface area (TPSA) is 56.5 Å². The molecule has 0 unspecified atom stereocenters. The fourth-order valence-electron chi connectivity index (χ4n) is 3.09. The Labute approximate surface area is 157 Å². The molecule has 0 aliphatic carbocycles. The van der Waals surface area contributed by atoms with Gasteiger partial charge in [0, 0.05) is 6.07 Å². The molecule has 134 valence electrons. The number of hydrogen-bond acceptors (Lipinski definition) is 4. The van der Waals surface area contributed by atoms with Gasteiger partial charge in [-0.15, -0.1) is 0 Å². The lowest BCUT2D eigenvalue weighted by Gasteiger charge is -2.13. The molecule has 5 heteroatoms. The Balaban J connectivity index is 2.11. The fraction of sp³-hybridized carbons (Fsp3) is 0.0455. The van der Waals surface area contributed by atoms with Crippen molar-refractivity contribution in [2.45, 2.75) is 14.7 Å². The first kappa shape index (κ1) is 17.2. The molecule has 0 aliphatic rings. The Morgan fingerprint density at radius 2 is 1.41 bits per heavy atom. The summed E-state index contributed by atoms with van der Waals surface area (Å²) in [6.07, 6.45) is 0. The molecule has 0 spiro atoms. The summed E-state index contributed by atoms with van der Waals surface area (Å²) in [7, 11) is -1.35. The zero-order valence-corrected chi connectivity index (χ0v) is 15.4. The lowest BCUT2D eigenvalue weighted by Crippen LogP contribution is -2.16. The number of ether oxygens (including phenoxy) is 1. The van der Waals surface area contributed by atoms with Crippen LogP contribution in [0.1, 0.15) is 0 Å². The second kappa shape index (κ2) is 6.85. The van der Waals surface area contributed by atoms with Crippen LogP contribution >= 0.6 is 0 Å². The number of rotatable bonds is 4. The van der Waals surface area contributed by atoms with Crippen molar-refractivity contribution in [2.75, 3.05) is 7.11 Å². The molecule has 0 amide bonds. The van der Waals surface area contributed by atoms with E-state index in [1.54, 1.807) is 25.3 Å². The molecule has 1 heterocycles. The molecule has 3 aromatic carbocycles. The third kappa shape index (κ3) is 2.96. The van der Waals surface area contributed by atoms with Gasteiger partial charge in [0.15, 0.2) is 24.6 Å². The first-order valence-electron chi connectivity index (χ1n) is 8.39. The van der Waals surface area contributed by atoms with E-state index in [-0.39, 0.29) is 0 Å². The summed E-state index contributed by atoms with van der Waals surface area (Å²) in [6, 6.07) is 24.9. The summed E-state index contributed by atoms with van der Waals surface area (Å²) in [5.41, 5.74) is -0.207. The van der Waals surface area contributed by atoms with Gasteiger partial charge in [0.25, 0.3) is 0 Å². The van der Waals surface area contributed by atoms with Gasteiger partial charge in [0.1, 0.15) is 11.3 Å². The normalized spacial score (nSPS) is 11.4. The molecule has 0 saturated heterocycles. The minimum absolute atomic E-state index is 0.344. The van der Waals surface area contributed by atoms with Crippen molar-refractivity contribution in [1.82, 2.24) is 0 Å². The fourth-order valence-corrected chi connectivity index (χ4v) is 5.69. The van der Waals surface area contributed by atoms with Crippen molar-refractivity contribution in [1.29, 1.82) is 0 Å². The van der Waals surface area contributed by atoms with Crippen molar-refractivity contribution in [3.05, 3.63) is 95.3 Å². The van der Waals surface area contributed by atoms with Gasteiger partial charge in [0.2, 0.25) is 0 Å². The molecule has 0 bridgehead atoms. The van der Waals surface area contributed by atoms with Gasteiger partial charge in [0.05, 0.1) is 18.6 Å². The largest absolute Gasteiger partial charge is 0.497 e. The van der Waals surface area contributed by atoms with Crippen LogP contribution in [0.2, 0.25) is 0 Å². The lowest BCUT2D eigenvalue weighted by molar-refractivity contribution is 0.414. The van der Waals surface area contributed by atoms with Crippen LogP contribution in [0.5, 0.6) is 5.75 Å². The standard InChI is InChI=1S/C22H17O4S/c1-25-16-12-13-19-20(14-16)26-22(23)15-21(19)27(24,17-8-4-2-5-9-17)18-10-6-3-7-11-18/h2-15H,1H3/q+1. The summed E-state index contributed by atoms with van der Waals surface area (Å²) in [6.45, 7) is 0. The molecule has 4 nitrogen and oxygen atoms in total. The molecule has 0 saturated carbocycles. The molecular formula is C22H17O4S+. The minimum atomic E-state index is -2.89. The van der Waals surface area contributed by atoms with E-state index in [0.717, 1.165) is 0 Å². The molecule has 0 atom stereocenters. The first-order chi connectivity index (χ1) is 13.1. The second-order valence-electron chi connectivity index (χ2n) is 5.97. The van der Waals surface area contributed by atoms with Gasteiger partial charge in [-0.25, -0.2) is 4.79 Å². The highest BCUT2D eigenvalue weighted by atomic mass is 32.2. The smallest absolute Gasteiger partial charge is 0.341 e. The second-order valence-corrected chi connectivity index (χ2v) is 8.47. The van der Waals surface area contributed by atoms with Gasteiger partial charge in [-0.1, -0.05) is 40.6 Å². The van der Waals surface area contributed by atoms with E-state index in [1.807, 2.05) is 60.7 Å². The van der Waals surface area contributed by atoms with Crippen molar-refractivity contribution in [3.8, 4) is 5.75 Å². The zero-order valence-electron chi connectivity index (χ0n) is 14.6. The summed E-state index contributed by atoms with van der Waals surface area (Å²) >= 11 is 0. The van der Waals surface area contributed by atoms with Gasteiger partial charge >= 0.3 is 5.63 Å². The van der Waals surface area contributed by atoms with Crippen LogP contribution in [0.3, 0.4) is 0 Å². The molecule has 1 aromatic heterocycles. The summed E-state index contributed by atoms with van der Waals surface area (Å²) in [5, 5.41) is 0.619. The molecule has 0 fully saturated rings. The third-order valence-electron chi connectivity index (χ3n) is 4.37. The van der Waals surface area contributed by atoms with Crippen molar-refractivity contribution >= 4 is 20.9 Å². The highest BCUT2D eigenvalue weighted by Crippen LogP contribution is 2.39. The molecule has 27 heavy (non-hydrogen) atoms. The molecule has 0 aliphatic heterocycles. The summed E-state index contributed by atoms with van der Waals surface area (Å²) < 4.78 is 25.1. The Kier molecular flexibility index (Phi) is 4.38. The van der Waals surface area contributed by atoms with Gasteiger partial charge in [-0.3, -0.25) is 0 Å². The van der Waals surface area contributed by atoms with E-state index in [4.69, 9.17) is 9.15 Å². The number of benzene rings is 3. The van der Waals surface area contributed by atoms with Crippen LogP contribution in [0.15, 0.2) is 109 Å². The van der Waals surface area contributed by atoms with Crippen molar-refractivity contribution < 1.29 is 13.4 Å². The van der Waals surface area contributed by atoms with E-state index < -0.39 is 15.6 Å². The van der Waals surface area contributed by atoms with Crippen LogP contribution in [-0.2, 0) is 14.1 Å². The predicted molar refractivity (Wildman–Crippen MR) is 105 cm³/mol. The molecule has 4 rings (SSSR count). The maximum absolute atomic E-state index is 14.5. The molecule has 0 N–H and O–H groups in total. The van der Waals surface area contributed by atoms with Crippen LogP contribution in [0.25, 0.3) is 11.0 Å². The zero-order chi connectivity index (χ0) is 18.9. The monoisotopic (exact) mass is 377 g/mol. The lowest BCUT2D eigenvalue weighted by atomic mass is 10.2. The van der Waals surface area contributed by atoms with E-state index in [9.17, 15) is 9.00 Å². The summed E-state index contributed by atoms with van der Waals surface area (Å²) in [4.78, 5) is 14.0. The highest BCUT2D eigenvalue weighted by Gasteiger charge is 2.40. The van der Waals surface area contributed by atoms with Gasteiger partial charge in [-0.2, -0.15) is 0 Å². The number of methoxy groups -OCH3 is 1. The van der Waals surface area contributed by atoms with E-state index in [1.165, 1.54) is 6.07 Å².